The summed E-state index contributed by atoms with van der Waals surface area (Å²) in [6, 6.07) is 4.23. The molecule has 2 nitrogen and oxygen atoms in total. The topological polar surface area (TPSA) is 18.5 Å². The molecule has 0 fully saturated rings. The molecule has 1 aromatic rings. The number of aryl methyl sites for hydroxylation is 1. The van der Waals surface area contributed by atoms with Gasteiger partial charge in [0.2, 0.25) is 6.79 Å². The zero-order chi connectivity index (χ0) is 13.0. The molecule has 0 radical (unpaired) electrons. The second-order valence-electron chi connectivity index (χ2n) is 5.37. The zero-order valence-electron chi connectivity index (χ0n) is 11.8. The van der Waals surface area contributed by atoms with Crippen molar-refractivity contribution >= 4 is 0 Å². The highest BCUT2D eigenvalue weighted by molar-refractivity contribution is 5.51. The molecule has 100 valence electrons. The molecule has 1 aliphatic rings. The van der Waals surface area contributed by atoms with Crippen LogP contribution >= 0.6 is 0 Å². The van der Waals surface area contributed by atoms with Gasteiger partial charge in [-0.25, -0.2) is 0 Å². The van der Waals surface area contributed by atoms with E-state index < -0.39 is 0 Å². The molecule has 1 unspecified atom stereocenters. The predicted molar refractivity (Wildman–Crippen MR) is 74.3 cm³/mol. The van der Waals surface area contributed by atoms with Crippen LogP contribution in [-0.2, 0) is 6.42 Å². The van der Waals surface area contributed by atoms with E-state index in [1.165, 1.54) is 36.8 Å². The van der Waals surface area contributed by atoms with E-state index >= 15 is 0 Å². The molecule has 2 heteroatoms. The Balaban J connectivity index is 1.90. The number of fused-ring (bicyclic) bond motifs is 1. The van der Waals surface area contributed by atoms with Crippen LogP contribution in [0.3, 0.4) is 0 Å². The molecule has 0 bridgehead atoms. The van der Waals surface area contributed by atoms with E-state index in [1.807, 2.05) is 6.07 Å². The standard InChI is InChI=1S/C16H24O2/c1-4-6-12(2)7-5-8-14-9-10-15-16(13(14)3)18-11-17-15/h9-10,12H,4-8,11H2,1-3H3. The van der Waals surface area contributed by atoms with Crippen LogP contribution in [0, 0.1) is 12.8 Å². The first-order chi connectivity index (χ1) is 8.72. The van der Waals surface area contributed by atoms with Crippen LogP contribution in [-0.4, -0.2) is 6.79 Å². The van der Waals surface area contributed by atoms with Crippen LogP contribution < -0.4 is 9.47 Å². The van der Waals surface area contributed by atoms with Gasteiger partial charge >= 0.3 is 0 Å². The second kappa shape index (κ2) is 6.12. The van der Waals surface area contributed by atoms with Crippen molar-refractivity contribution in [3.05, 3.63) is 23.3 Å². The number of ether oxygens (including phenoxy) is 2. The quantitative estimate of drug-likeness (QED) is 0.739. The van der Waals surface area contributed by atoms with Crippen molar-refractivity contribution in [3.8, 4) is 11.5 Å². The summed E-state index contributed by atoms with van der Waals surface area (Å²) in [5.41, 5.74) is 2.66. The third-order valence-electron chi connectivity index (χ3n) is 3.82. The fourth-order valence-corrected chi connectivity index (χ4v) is 2.70. The first-order valence-electron chi connectivity index (χ1n) is 7.10. The smallest absolute Gasteiger partial charge is 0.231 e. The summed E-state index contributed by atoms with van der Waals surface area (Å²) in [4.78, 5) is 0. The van der Waals surface area contributed by atoms with E-state index in [-0.39, 0.29) is 0 Å². The Morgan fingerprint density at radius 2 is 2.06 bits per heavy atom. The van der Waals surface area contributed by atoms with E-state index in [0.717, 1.165) is 23.8 Å². The summed E-state index contributed by atoms with van der Waals surface area (Å²) < 4.78 is 10.9. The Hall–Kier alpha value is -1.18. The largest absolute Gasteiger partial charge is 0.454 e. The molecule has 18 heavy (non-hydrogen) atoms. The fraction of sp³-hybridized carbons (Fsp3) is 0.625. The lowest BCUT2D eigenvalue weighted by Gasteiger charge is -2.11. The maximum atomic E-state index is 5.51. The SMILES string of the molecule is CCCC(C)CCCc1ccc2c(c1C)OCO2. The normalized spacial score (nSPS) is 14.8. The molecule has 0 aromatic heterocycles. The van der Waals surface area contributed by atoms with Gasteiger partial charge < -0.3 is 9.47 Å². The van der Waals surface area contributed by atoms with Crippen LogP contribution in [0.4, 0.5) is 0 Å². The molecule has 0 N–H and O–H groups in total. The molecule has 0 amide bonds. The second-order valence-corrected chi connectivity index (χ2v) is 5.37. The molecule has 0 saturated carbocycles. The van der Waals surface area contributed by atoms with E-state index in [1.54, 1.807) is 0 Å². The molecule has 1 aliphatic heterocycles. The lowest BCUT2D eigenvalue weighted by Crippen LogP contribution is -1.97. The van der Waals surface area contributed by atoms with Gasteiger partial charge in [-0.15, -0.1) is 0 Å². The third kappa shape index (κ3) is 2.98. The van der Waals surface area contributed by atoms with Crippen molar-refractivity contribution in [1.82, 2.24) is 0 Å². The maximum Gasteiger partial charge on any atom is 0.231 e. The molecule has 0 saturated heterocycles. The van der Waals surface area contributed by atoms with Crippen LogP contribution in [0.1, 0.15) is 50.7 Å². The van der Waals surface area contributed by atoms with E-state index in [9.17, 15) is 0 Å². The Kier molecular flexibility index (Phi) is 4.51. The average Bonchev–Trinajstić information content (AvgIpc) is 2.81. The lowest BCUT2D eigenvalue weighted by molar-refractivity contribution is 0.173. The summed E-state index contributed by atoms with van der Waals surface area (Å²) in [5, 5.41) is 0. The maximum absolute atomic E-state index is 5.51. The molecular weight excluding hydrogens is 224 g/mol. The number of hydrogen-bond acceptors (Lipinski definition) is 2. The summed E-state index contributed by atoms with van der Waals surface area (Å²) >= 11 is 0. The van der Waals surface area contributed by atoms with Crippen molar-refractivity contribution in [2.75, 3.05) is 6.79 Å². The van der Waals surface area contributed by atoms with Gasteiger partial charge in [-0.1, -0.05) is 39.2 Å². The average molecular weight is 248 g/mol. The van der Waals surface area contributed by atoms with Gasteiger partial charge in [0.05, 0.1) is 0 Å². The number of rotatable bonds is 6. The predicted octanol–water partition coefficient (Wildman–Crippen LogP) is 4.48. The molecular formula is C16H24O2. The fourth-order valence-electron chi connectivity index (χ4n) is 2.70. The highest BCUT2D eigenvalue weighted by atomic mass is 16.7. The van der Waals surface area contributed by atoms with E-state index in [4.69, 9.17) is 9.47 Å². The van der Waals surface area contributed by atoms with Crippen molar-refractivity contribution in [3.63, 3.8) is 0 Å². The van der Waals surface area contributed by atoms with Gasteiger partial charge in [-0.05, 0) is 42.9 Å². The van der Waals surface area contributed by atoms with Gasteiger partial charge in [0.25, 0.3) is 0 Å². The first kappa shape index (κ1) is 13.3. The minimum Gasteiger partial charge on any atom is -0.454 e. The van der Waals surface area contributed by atoms with Crippen molar-refractivity contribution in [2.45, 2.75) is 52.9 Å². The van der Waals surface area contributed by atoms with Crippen LogP contribution in [0.2, 0.25) is 0 Å². The minimum atomic E-state index is 0.368. The lowest BCUT2D eigenvalue weighted by atomic mass is 9.95. The van der Waals surface area contributed by atoms with Crippen molar-refractivity contribution in [2.24, 2.45) is 5.92 Å². The summed E-state index contributed by atoms with van der Waals surface area (Å²) in [5.74, 6) is 2.70. The van der Waals surface area contributed by atoms with E-state index in [2.05, 4.69) is 26.8 Å². The number of benzene rings is 1. The van der Waals surface area contributed by atoms with Crippen molar-refractivity contribution < 1.29 is 9.47 Å². The highest BCUT2D eigenvalue weighted by Gasteiger charge is 2.17. The zero-order valence-corrected chi connectivity index (χ0v) is 11.8. The van der Waals surface area contributed by atoms with Gasteiger partial charge in [0, 0.05) is 0 Å². The summed E-state index contributed by atoms with van der Waals surface area (Å²) in [7, 11) is 0. The van der Waals surface area contributed by atoms with Crippen LogP contribution in [0.25, 0.3) is 0 Å². The third-order valence-corrected chi connectivity index (χ3v) is 3.82. The monoisotopic (exact) mass is 248 g/mol. The van der Waals surface area contributed by atoms with Crippen molar-refractivity contribution in [1.29, 1.82) is 0 Å². The molecule has 0 aliphatic carbocycles. The van der Waals surface area contributed by atoms with Crippen LogP contribution in [0.5, 0.6) is 11.5 Å². The Morgan fingerprint density at radius 1 is 1.22 bits per heavy atom. The Labute approximate surface area is 110 Å². The highest BCUT2D eigenvalue weighted by Crippen LogP contribution is 2.37. The van der Waals surface area contributed by atoms with Gasteiger partial charge in [-0.3, -0.25) is 0 Å². The Bertz CT molecular complexity index is 398. The molecule has 2 rings (SSSR count). The van der Waals surface area contributed by atoms with E-state index in [0.29, 0.717) is 6.79 Å². The van der Waals surface area contributed by atoms with Crippen LogP contribution in [0.15, 0.2) is 12.1 Å². The molecule has 0 spiro atoms. The Morgan fingerprint density at radius 3 is 2.83 bits per heavy atom. The summed E-state index contributed by atoms with van der Waals surface area (Å²) in [6.45, 7) is 7.12. The van der Waals surface area contributed by atoms with Gasteiger partial charge in [0.15, 0.2) is 11.5 Å². The summed E-state index contributed by atoms with van der Waals surface area (Å²) in [6.07, 6.45) is 6.38. The minimum absolute atomic E-state index is 0.368. The first-order valence-corrected chi connectivity index (χ1v) is 7.10. The molecule has 1 aromatic carbocycles. The van der Waals surface area contributed by atoms with Gasteiger partial charge in [-0.2, -0.15) is 0 Å². The molecule has 1 atom stereocenters. The number of hydrogen-bond donors (Lipinski definition) is 0. The molecule has 1 heterocycles. The van der Waals surface area contributed by atoms with Gasteiger partial charge in [0.1, 0.15) is 0 Å².